The van der Waals surface area contributed by atoms with Gasteiger partial charge in [0.15, 0.2) is 5.96 Å². The third kappa shape index (κ3) is 6.46. The second-order valence-corrected chi connectivity index (χ2v) is 4.96. The highest BCUT2D eigenvalue weighted by Gasteiger charge is 1.99. The molecule has 2 rings (SSSR count). The van der Waals surface area contributed by atoms with Crippen molar-refractivity contribution in [3.05, 3.63) is 53.9 Å². The lowest BCUT2D eigenvalue weighted by Crippen LogP contribution is -2.37. The molecule has 120 valence electrons. The van der Waals surface area contributed by atoms with Gasteiger partial charge in [-0.05, 0) is 24.0 Å². The standard InChI is InChI=1S/C16H23N5.HI/c1-17-16(19-11-14-7-4-3-5-8-14)18-10-6-9-15-12-20-21(2)13-15;/h3-5,7-8,12-13H,6,9-11H2,1-2H3,(H2,17,18,19);1H. The highest BCUT2D eigenvalue weighted by molar-refractivity contribution is 14.0. The molecule has 2 N–H and O–H groups in total. The van der Waals surface area contributed by atoms with Crippen LogP contribution in [0.2, 0.25) is 0 Å². The van der Waals surface area contributed by atoms with Crippen LogP contribution in [-0.4, -0.2) is 29.3 Å². The topological polar surface area (TPSA) is 54.2 Å². The van der Waals surface area contributed by atoms with Gasteiger partial charge in [0.25, 0.3) is 0 Å². The van der Waals surface area contributed by atoms with Crippen molar-refractivity contribution in [1.82, 2.24) is 20.4 Å². The Labute approximate surface area is 149 Å². The number of nitrogens with zero attached hydrogens (tertiary/aromatic N) is 3. The van der Waals surface area contributed by atoms with Gasteiger partial charge in [-0.15, -0.1) is 24.0 Å². The smallest absolute Gasteiger partial charge is 0.191 e. The van der Waals surface area contributed by atoms with E-state index in [0.29, 0.717) is 0 Å². The minimum atomic E-state index is 0. The average molecular weight is 413 g/mol. The fraction of sp³-hybridized carbons (Fsp3) is 0.375. The molecule has 1 aromatic heterocycles. The Morgan fingerprint density at radius 1 is 1.18 bits per heavy atom. The molecular weight excluding hydrogens is 389 g/mol. The van der Waals surface area contributed by atoms with Gasteiger partial charge >= 0.3 is 0 Å². The van der Waals surface area contributed by atoms with Crippen LogP contribution in [0.15, 0.2) is 47.7 Å². The molecule has 0 aliphatic heterocycles. The van der Waals surface area contributed by atoms with E-state index in [4.69, 9.17) is 0 Å². The van der Waals surface area contributed by atoms with Crippen molar-refractivity contribution in [3.8, 4) is 0 Å². The normalized spacial score (nSPS) is 10.9. The van der Waals surface area contributed by atoms with Crippen LogP contribution in [0.5, 0.6) is 0 Å². The molecule has 5 nitrogen and oxygen atoms in total. The molecule has 0 atom stereocenters. The quantitative estimate of drug-likeness (QED) is 0.331. The lowest BCUT2D eigenvalue weighted by molar-refractivity contribution is 0.739. The third-order valence-corrected chi connectivity index (χ3v) is 3.22. The van der Waals surface area contributed by atoms with Crippen molar-refractivity contribution in [3.63, 3.8) is 0 Å². The summed E-state index contributed by atoms with van der Waals surface area (Å²) in [5.41, 5.74) is 2.52. The Balaban J connectivity index is 0.00000242. The summed E-state index contributed by atoms with van der Waals surface area (Å²) in [5.74, 6) is 0.838. The number of hydrogen-bond donors (Lipinski definition) is 2. The molecule has 0 spiro atoms. The number of benzene rings is 1. The van der Waals surface area contributed by atoms with Crippen LogP contribution in [0.4, 0.5) is 0 Å². The Bertz CT molecular complexity index is 565. The van der Waals surface area contributed by atoms with Crippen molar-refractivity contribution in [2.75, 3.05) is 13.6 Å². The van der Waals surface area contributed by atoms with Gasteiger partial charge in [0.2, 0.25) is 0 Å². The predicted octanol–water partition coefficient (Wildman–Crippen LogP) is 2.34. The summed E-state index contributed by atoms with van der Waals surface area (Å²) < 4.78 is 1.84. The molecule has 0 bridgehead atoms. The molecule has 0 aliphatic rings. The van der Waals surface area contributed by atoms with Gasteiger partial charge in [-0.3, -0.25) is 9.67 Å². The molecule has 0 radical (unpaired) electrons. The number of aryl methyl sites for hydroxylation is 2. The number of guanidine groups is 1. The van der Waals surface area contributed by atoms with Crippen LogP contribution in [-0.2, 0) is 20.0 Å². The van der Waals surface area contributed by atoms with Crippen LogP contribution in [0.25, 0.3) is 0 Å². The first-order chi connectivity index (χ1) is 10.3. The number of halogens is 1. The minimum absolute atomic E-state index is 0. The molecule has 22 heavy (non-hydrogen) atoms. The van der Waals surface area contributed by atoms with Gasteiger partial charge in [-0.2, -0.15) is 5.10 Å². The van der Waals surface area contributed by atoms with Gasteiger partial charge in [0.05, 0.1) is 6.20 Å². The number of hydrogen-bond acceptors (Lipinski definition) is 2. The van der Waals surface area contributed by atoms with E-state index in [0.717, 1.165) is 31.9 Å². The number of nitrogens with one attached hydrogen (secondary N) is 2. The van der Waals surface area contributed by atoms with Gasteiger partial charge in [-0.1, -0.05) is 30.3 Å². The van der Waals surface area contributed by atoms with E-state index in [1.54, 1.807) is 7.05 Å². The predicted molar refractivity (Wildman–Crippen MR) is 102 cm³/mol. The molecular formula is C16H24IN5. The van der Waals surface area contributed by atoms with E-state index < -0.39 is 0 Å². The van der Waals surface area contributed by atoms with Crippen molar-refractivity contribution < 1.29 is 0 Å². The summed E-state index contributed by atoms with van der Waals surface area (Å²) in [6, 6.07) is 10.3. The van der Waals surface area contributed by atoms with Crippen molar-refractivity contribution in [1.29, 1.82) is 0 Å². The van der Waals surface area contributed by atoms with E-state index in [1.165, 1.54) is 11.1 Å². The molecule has 6 heteroatoms. The van der Waals surface area contributed by atoms with E-state index in [1.807, 2.05) is 36.1 Å². The van der Waals surface area contributed by atoms with Crippen LogP contribution in [0, 0.1) is 0 Å². The lowest BCUT2D eigenvalue weighted by atomic mass is 10.2. The van der Waals surface area contributed by atoms with Gasteiger partial charge < -0.3 is 10.6 Å². The molecule has 1 aromatic carbocycles. The van der Waals surface area contributed by atoms with Crippen molar-refractivity contribution in [2.24, 2.45) is 12.0 Å². The van der Waals surface area contributed by atoms with E-state index in [-0.39, 0.29) is 24.0 Å². The maximum absolute atomic E-state index is 4.23. The maximum Gasteiger partial charge on any atom is 0.191 e. The first-order valence-corrected chi connectivity index (χ1v) is 7.24. The van der Waals surface area contributed by atoms with Crippen LogP contribution < -0.4 is 10.6 Å². The highest BCUT2D eigenvalue weighted by Crippen LogP contribution is 2.00. The second-order valence-electron chi connectivity index (χ2n) is 4.96. The van der Waals surface area contributed by atoms with E-state index in [9.17, 15) is 0 Å². The Morgan fingerprint density at radius 3 is 2.59 bits per heavy atom. The summed E-state index contributed by atoms with van der Waals surface area (Å²) in [5, 5.41) is 10.8. The average Bonchev–Trinajstić information content (AvgIpc) is 2.93. The molecule has 2 aromatic rings. The first kappa shape index (κ1) is 18.5. The monoisotopic (exact) mass is 413 g/mol. The summed E-state index contributed by atoms with van der Waals surface area (Å²) in [4.78, 5) is 4.23. The fourth-order valence-electron chi connectivity index (χ4n) is 2.10. The number of aromatic nitrogens is 2. The fourth-order valence-corrected chi connectivity index (χ4v) is 2.10. The van der Waals surface area contributed by atoms with E-state index >= 15 is 0 Å². The van der Waals surface area contributed by atoms with Gasteiger partial charge in [0.1, 0.15) is 0 Å². The molecule has 0 aliphatic carbocycles. The first-order valence-electron chi connectivity index (χ1n) is 7.24. The van der Waals surface area contributed by atoms with Crippen LogP contribution >= 0.6 is 24.0 Å². The lowest BCUT2D eigenvalue weighted by Gasteiger charge is -2.11. The maximum atomic E-state index is 4.23. The number of rotatable bonds is 6. The summed E-state index contributed by atoms with van der Waals surface area (Å²) in [7, 11) is 3.73. The van der Waals surface area contributed by atoms with Crippen molar-refractivity contribution >= 4 is 29.9 Å². The van der Waals surface area contributed by atoms with Crippen LogP contribution in [0.1, 0.15) is 17.5 Å². The zero-order chi connectivity index (χ0) is 14.9. The molecule has 0 fully saturated rings. The SMILES string of the molecule is CN=C(NCCCc1cnn(C)c1)NCc1ccccc1.I. The molecule has 0 saturated heterocycles. The molecule has 0 amide bonds. The summed E-state index contributed by atoms with van der Waals surface area (Å²) in [6.45, 7) is 1.67. The van der Waals surface area contributed by atoms with Gasteiger partial charge in [-0.25, -0.2) is 0 Å². The third-order valence-electron chi connectivity index (χ3n) is 3.22. The molecule has 0 unspecified atom stereocenters. The minimum Gasteiger partial charge on any atom is -0.356 e. The summed E-state index contributed by atoms with van der Waals surface area (Å²) in [6.07, 6.45) is 6.05. The summed E-state index contributed by atoms with van der Waals surface area (Å²) >= 11 is 0. The zero-order valence-corrected chi connectivity index (χ0v) is 15.5. The number of aliphatic imine (C=N–C) groups is 1. The largest absolute Gasteiger partial charge is 0.356 e. The Hall–Kier alpha value is -1.57. The second kappa shape index (κ2) is 10.2. The van der Waals surface area contributed by atoms with E-state index in [2.05, 4.69) is 39.1 Å². The Morgan fingerprint density at radius 2 is 1.95 bits per heavy atom. The highest BCUT2D eigenvalue weighted by atomic mass is 127. The zero-order valence-electron chi connectivity index (χ0n) is 13.1. The molecule has 1 heterocycles. The Kier molecular flexibility index (Phi) is 8.57. The van der Waals surface area contributed by atoms with Crippen molar-refractivity contribution in [2.45, 2.75) is 19.4 Å². The van der Waals surface area contributed by atoms with Crippen LogP contribution in [0.3, 0.4) is 0 Å². The molecule has 0 saturated carbocycles. The van der Waals surface area contributed by atoms with Gasteiger partial charge in [0, 0.05) is 33.4 Å².